The molecule has 116 valence electrons. The molecule has 2 aromatic rings. The summed E-state index contributed by atoms with van der Waals surface area (Å²) in [7, 11) is 0. The zero-order valence-corrected chi connectivity index (χ0v) is 13.9. The molecule has 0 unspecified atom stereocenters. The second-order valence-electron chi connectivity index (χ2n) is 6.13. The van der Waals surface area contributed by atoms with Gasteiger partial charge in [-0.15, -0.1) is 11.3 Å². The number of aromatic nitrogens is 1. The van der Waals surface area contributed by atoms with Crippen LogP contribution in [0.3, 0.4) is 0 Å². The summed E-state index contributed by atoms with van der Waals surface area (Å²) in [5.74, 6) is 0.554. The van der Waals surface area contributed by atoms with Gasteiger partial charge in [0.1, 0.15) is 5.75 Å². The van der Waals surface area contributed by atoms with E-state index in [0.717, 1.165) is 23.5 Å². The highest BCUT2D eigenvalue weighted by atomic mass is 32.1. The first-order valence-corrected chi connectivity index (χ1v) is 8.30. The minimum absolute atomic E-state index is 0.192. The summed E-state index contributed by atoms with van der Waals surface area (Å²) in [6, 6.07) is 6.12. The molecule has 0 saturated carbocycles. The van der Waals surface area contributed by atoms with Crippen molar-refractivity contribution in [2.45, 2.75) is 45.6 Å². The smallest absolute Gasteiger partial charge is 0.269 e. The fourth-order valence-corrected chi connectivity index (χ4v) is 3.27. The molecule has 0 bridgehead atoms. The number of amides is 1. The van der Waals surface area contributed by atoms with Crippen LogP contribution in [0.4, 0.5) is 5.13 Å². The minimum atomic E-state index is -0.952. The lowest BCUT2D eigenvalue weighted by molar-refractivity contribution is -0.128. The number of rotatable bonds is 4. The molecule has 0 fully saturated rings. The van der Waals surface area contributed by atoms with Crippen LogP contribution in [-0.4, -0.2) is 16.5 Å². The topological polar surface area (TPSA) is 51.2 Å². The Balaban J connectivity index is 1.70. The minimum Gasteiger partial charge on any atom is -0.478 e. The quantitative estimate of drug-likeness (QED) is 0.935. The Morgan fingerprint density at radius 3 is 2.82 bits per heavy atom. The summed E-state index contributed by atoms with van der Waals surface area (Å²) in [5.41, 5.74) is 1.78. The van der Waals surface area contributed by atoms with Gasteiger partial charge in [0.05, 0.1) is 0 Å². The Bertz CT molecular complexity index is 706. The van der Waals surface area contributed by atoms with E-state index in [2.05, 4.69) is 22.4 Å². The molecule has 0 atom stereocenters. The van der Waals surface area contributed by atoms with Crippen molar-refractivity contribution in [2.75, 3.05) is 5.32 Å². The monoisotopic (exact) mass is 316 g/mol. The van der Waals surface area contributed by atoms with E-state index in [9.17, 15) is 4.79 Å². The van der Waals surface area contributed by atoms with E-state index in [1.54, 1.807) is 20.0 Å². The third kappa shape index (κ3) is 3.14. The van der Waals surface area contributed by atoms with Crippen LogP contribution in [0.15, 0.2) is 24.4 Å². The molecule has 1 N–H and O–H groups in total. The predicted octanol–water partition coefficient (Wildman–Crippen LogP) is 3.74. The van der Waals surface area contributed by atoms with Crippen molar-refractivity contribution in [2.24, 2.45) is 0 Å². The molecule has 4 nitrogen and oxygen atoms in total. The number of thiazole rings is 1. The highest BCUT2D eigenvalue weighted by molar-refractivity contribution is 7.15. The summed E-state index contributed by atoms with van der Waals surface area (Å²) >= 11 is 1.46. The van der Waals surface area contributed by atoms with Crippen LogP contribution in [-0.2, 0) is 17.6 Å². The summed E-state index contributed by atoms with van der Waals surface area (Å²) in [6.45, 7) is 5.51. The maximum absolute atomic E-state index is 12.4. The van der Waals surface area contributed by atoms with Gasteiger partial charge in [-0.3, -0.25) is 10.1 Å². The molecular weight excluding hydrogens is 296 g/mol. The highest BCUT2D eigenvalue weighted by Crippen LogP contribution is 2.28. The van der Waals surface area contributed by atoms with Crippen molar-refractivity contribution in [3.63, 3.8) is 0 Å². The lowest BCUT2D eigenvalue weighted by Crippen LogP contribution is -2.42. The Hall–Kier alpha value is -1.88. The Kier molecular flexibility index (Phi) is 3.91. The number of aryl methyl sites for hydroxylation is 3. The Morgan fingerprint density at radius 1 is 1.32 bits per heavy atom. The standard InChI is InChI=1S/C17H20N2O2S/c1-11-10-18-16(22-11)19-15(20)17(2,3)21-14-8-7-12-5-4-6-13(12)9-14/h7-10H,4-6H2,1-3H3,(H,18,19,20). The average Bonchev–Trinajstić information content (AvgIpc) is 3.06. The maximum atomic E-state index is 12.4. The molecular formula is C17H20N2O2S. The summed E-state index contributed by atoms with van der Waals surface area (Å²) in [6.07, 6.45) is 5.18. The summed E-state index contributed by atoms with van der Waals surface area (Å²) in [4.78, 5) is 17.6. The van der Waals surface area contributed by atoms with E-state index in [4.69, 9.17) is 4.74 Å². The lowest BCUT2D eigenvalue weighted by atomic mass is 10.1. The number of benzene rings is 1. The van der Waals surface area contributed by atoms with E-state index in [1.807, 2.05) is 13.0 Å². The molecule has 0 spiro atoms. The first-order chi connectivity index (χ1) is 10.4. The van der Waals surface area contributed by atoms with E-state index in [-0.39, 0.29) is 5.91 Å². The molecule has 1 heterocycles. The third-order valence-electron chi connectivity index (χ3n) is 3.83. The van der Waals surface area contributed by atoms with Crippen molar-refractivity contribution in [3.05, 3.63) is 40.4 Å². The van der Waals surface area contributed by atoms with Gasteiger partial charge in [-0.05, 0) is 63.3 Å². The first-order valence-electron chi connectivity index (χ1n) is 7.49. The molecule has 1 aromatic carbocycles. The van der Waals surface area contributed by atoms with Crippen molar-refractivity contribution in [1.29, 1.82) is 0 Å². The largest absolute Gasteiger partial charge is 0.478 e. The zero-order valence-electron chi connectivity index (χ0n) is 13.1. The number of nitrogens with one attached hydrogen (secondary N) is 1. The normalized spacial score (nSPS) is 13.8. The van der Waals surface area contributed by atoms with Gasteiger partial charge in [0.25, 0.3) is 5.91 Å². The number of carbonyl (C=O) groups is 1. The van der Waals surface area contributed by atoms with Gasteiger partial charge in [-0.2, -0.15) is 0 Å². The zero-order chi connectivity index (χ0) is 15.7. The first kappa shape index (κ1) is 15.0. The van der Waals surface area contributed by atoms with Gasteiger partial charge >= 0.3 is 0 Å². The van der Waals surface area contributed by atoms with E-state index < -0.39 is 5.60 Å². The van der Waals surface area contributed by atoms with Gasteiger partial charge < -0.3 is 4.74 Å². The highest BCUT2D eigenvalue weighted by Gasteiger charge is 2.31. The van der Waals surface area contributed by atoms with Gasteiger partial charge in [-0.1, -0.05) is 6.07 Å². The van der Waals surface area contributed by atoms with Crippen LogP contribution < -0.4 is 10.1 Å². The molecule has 1 aromatic heterocycles. The molecule has 5 heteroatoms. The predicted molar refractivity (Wildman–Crippen MR) is 88.7 cm³/mol. The molecule has 0 saturated heterocycles. The average molecular weight is 316 g/mol. The lowest BCUT2D eigenvalue weighted by Gasteiger charge is -2.25. The van der Waals surface area contributed by atoms with E-state index in [0.29, 0.717) is 5.13 Å². The van der Waals surface area contributed by atoms with E-state index >= 15 is 0 Å². The van der Waals surface area contributed by atoms with Crippen molar-refractivity contribution in [3.8, 4) is 5.75 Å². The van der Waals surface area contributed by atoms with Crippen LogP contribution in [0, 0.1) is 6.92 Å². The molecule has 1 amide bonds. The number of nitrogens with zero attached hydrogens (tertiary/aromatic N) is 1. The molecule has 22 heavy (non-hydrogen) atoms. The number of ether oxygens (including phenoxy) is 1. The van der Waals surface area contributed by atoms with Crippen molar-refractivity contribution < 1.29 is 9.53 Å². The number of anilines is 1. The van der Waals surface area contributed by atoms with Crippen LogP contribution in [0.25, 0.3) is 0 Å². The van der Waals surface area contributed by atoms with Crippen molar-refractivity contribution >= 4 is 22.4 Å². The van der Waals surface area contributed by atoms with E-state index in [1.165, 1.54) is 28.9 Å². The number of hydrogen-bond acceptors (Lipinski definition) is 4. The molecule has 0 aliphatic heterocycles. The van der Waals surface area contributed by atoms with Crippen LogP contribution in [0.1, 0.15) is 36.3 Å². The molecule has 1 aliphatic rings. The second-order valence-corrected chi connectivity index (χ2v) is 7.36. The second kappa shape index (κ2) is 5.72. The van der Waals surface area contributed by atoms with Gasteiger partial charge in [0, 0.05) is 11.1 Å². The fraction of sp³-hybridized carbons (Fsp3) is 0.412. The summed E-state index contributed by atoms with van der Waals surface area (Å²) in [5, 5.41) is 3.42. The molecule has 1 aliphatic carbocycles. The SMILES string of the molecule is Cc1cnc(NC(=O)C(C)(C)Oc2ccc3c(c2)CCC3)s1. The Labute approximate surface area is 134 Å². The molecule has 3 rings (SSSR count). The number of carbonyl (C=O) groups excluding carboxylic acids is 1. The van der Waals surface area contributed by atoms with Gasteiger partial charge in [0.2, 0.25) is 0 Å². The third-order valence-corrected chi connectivity index (χ3v) is 4.66. The van der Waals surface area contributed by atoms with Crippen LogP contribution >= 0.6 is 11.3 Å². The summed E-state index contributed by atoms with van der Waals surface area (Å²) < 4.78 is 5.93. The maximum Gasteiger partial charge on any atom is 0.269 e. The van der Waals surface area contributed by atoms with Crippen molar-refractivity contribution in [1.82, 2.24) is 4.98 Å². The Morgan fingerprint density at radius 2 is 2.09 bits per heavy atom. The van der Waals surface area contributed by atoms with Gasteiger partial charge in [-0.25, -0.2) is 4.98 Å². The fourth-order valence-electron chi connectivity index (χ4n) is 2.61. The van der Waals surface area contributed by atoms with Crippen LogP contribution in [0.2, 0.25) is 0 Å². The number of hydrogen-bond donors (Lipinski definition) is 1. The van der Waals surface area contributed by atoms with Gasteiger partial charge in [0.15, 0.2) is 10.7 Å². The van der Waals surface area contributed by atoms with Crippen LogP contribution in [0.5, 0.6) is 5.75 Å². The molecule has 0 radical (unpaired) electrons. The number of fused-ring (bicyclic) bond motifs is 1.